The number of hydrogen-bond donors (Lipinski definition) is 2. The van der Waals surface area contributed by atoms with E-state index in [1.54, 1.807) is 0 Å². The Morgan fingerprint density at radius 2 is 2.21 bits per heavy atom. The van der Waals surface area contributed by atoms with Gasteiger partial charge >= 0.3 is 0 Å². The van der Waals surface area contributed by atoms with Gasteiger partial charge in [0.25, 0.3) is 0 Å². The number of benzene rings is 1. The highest BCUT2D eigenvalue weighted by atomic mass is 16.5. The highest BCUT2D eigenvalue weighted by Crippen LogP contribution is 2.30. The van der Waals surface area contributed by atoms with Crippen molar-refractivity contribution in [2.24, 2.45) is 0 Å². The summed E-state index contributed by atoms with van der Waals surface area (Å²) in [6, 6.07) is 8.44. The third kappa shape index (κ3) is 4.20. The van der Waals surface area contributed by atoms with E-state index in [4.69, 9.17) is 4.74 Å². The first-order chi connectivity index (χ1) is 9.16. The van der Waals surface area contributed by atoms with Crippen LogP contribution in [0.3, 0.4) is 0 Å². The fourth-order valence-electron chi connectivity index (χ4n) is 2.50. The highest BCUT2D eigenvalue weighted by Gasteiger charge is 2.19. The summed E-state index contributed by atoms with van der Waals surface area (Å²) in [7, 11) is 3.94. The average molecular weight is 264 g/mol. The summed E-state index contributed by atoms with van der Waals surface area (Å²) in [5.74, 6) is 0.972. The summed E-state index contributed by atoms with van der Waals surface area (Å²) < 4.78 is 5.74. The van der Waals surface area contributed by atoms with Crippen LogP contribution in [0.15, 0.2) is 24.3 Å². The first-order valence-electron chi connectivity index (χ1n) is 6.94. The molecule has 4 heteroatoms. The molecule has 1 aliphatic heterocycles. The zero-order valence-corrected chi connectivity index (χ0v) is 11.8. The van der Waals surface area contributed by atoms with Crippen molar-refractivity contribution in [1.29, 1.82) is 0 Å². The molecule has 0 bridgehead atoms. The van der Waals surface area contributed by atoms with Gasteiger partial charge in [0, 0.05) is 24.7 Å². The van der Waals surface area contributed by atoms with Crippen LogP contribution in [-0.4, -0.2) is 49.9 Å². The Labute approximate surface area is 115 Å². The Balaban J connectivity index is 1.96. The molecule has 2 atom stereocenters. The molecule has 2 rings (SSSR count). The molecule has 0 aliphatic carbocycles. The third-order valence-corrected chi connectivity index (χ3v) is 3.36. The van der Waals surface area contributed by atoms with Gasteiger partial charge < -0.3 is 20.1 Å². The molecule has 1 heterocycles. The normalized spacial score (nSPS) is 20.5. The van der Waals surface area contributed by atoms with Gasteiger partial charge in [-0.2, -0.15) is 0 Å². The van der Waals surface area contributed by atoms with Crippen LogP contribution in [0.1, 0.15) is 24.4 Å². The minimum atomic E-state index is -0.341. The second-order valence-corrected chi connectivity index (χ2v) is 5.41. The molecule has 1 aliphatic rings. The molecule has 0 amide bonds. The average Bonchev–Trinajstić information content (AvgIpc) is 2.58. The molecule has 0 saturated carbocycles. The number of aliphatic hydroxyl groups excluding tert-OH is 1. The Bertz CT molecular complexity index is 395. The smallest absolute Gasteiger partial charge is 0.124 e. The predicted molar refractivity (Wildman–Crippen MR) is 76.5 cm³/mol. The predicted octanol–water partition coefficient (Wildman–Crippen LogP) is 1.41. The summed E-state index contributed by atoms with van der Waals surface area (Å²) in [5, 5.41) is 13.4. The molecule has 2 unspecified atom stereocenters. The van der Waals surface area contributed by atoms with Gasteiger partial charge in [-0.25, -0.2) is 0 Å². The van der Waals surface area contributed by atoms with E-state index in [1.165, 1.54) is 5.56 Å². The number of aliphatic hydroxyl groups is 1. The molecule has 1 aromatic rings. The minimum Gasteiger partial charge on any atom is -0.493 e. The summed E-state index contributed by atoms with van der Waals surface area (Å²) in [6.07, 6.45) is 1.74. The van der Waals surface area contributed by atoms with Crippen molar-refractivity contribution in [2.75, 3.05) is 33.8 Å². The van der Waals surface area contributed by atoms with Crippen molar-refractivity contribution < 1.29 is 9.84 Å². The van der Waals surface area contributed by atoms with E-state index in [9.17, 15) is 5.11 Å². The van der Waals surface area contributed by atoms with Crippen LogP contribution >= 0.6 is 0 Å². The summed E-state index contributed by atoms with van der Waals surface area (Å²) in [5.41, 5.74) is 1.21. The molecular weight excluding hydrogens is 240 g/mol. The lowest BCUT2D eigenvalue weighted by molar-refractivity contribution is 0.131. The molecule has 4 nitrogen and oxygen atoms in total. The number of nitrogens with zero attached hydrogens (tertiary/aromatic N) is 1. The van der Waals surface area contributed by atoms with Crippen LogP contribution < -0.4 is 10.1 Å². The second-order valence-electron chi connectivity index (χ2n) is 5.41. The number of ether oxygens (including phenoxy) is 1. The van der Waals surface area contributed by atoms with Crippen LogP contribution in [-0.2, 0) is 0 Å². The quantitative estimate of drug-likeness (QED) is 0.844. The summed E-state index contributed by atoms with van der Waals surface area (Å²) >= 11 is 0. The Kier molecular flexibility index (Phi) is 5.19. The largest absolute Gasteiger partial charge is 0.493 e. The van der Waals surface area contributed by atoms with Crippen LogP contribution in [0.4, 0.5) is 0 Å². The molecule has 0 aromatic heterocycles. The summed E-state index contributed by atoms with van der Waals surface area (Å²) in [6.45, 7) is 2.06. The van der Waals surface area contributed by atoms with E-state index in [0.29, 0.717) is 13.1 Å². The fourth-order valence-corrected chi connectivity index (χ4v) is 2.50. The van der Waals surface area contributed by atoms with Crippen molar-refractivity contribution in [3.05, 3.63) is 29.8 Å². The molecule has 0 spiro atoms. The number of likely N-dealkylation sites (N-methyl/N-ethyl adjacent to an activating group) is 1. The lowest BCUT2D eigenvalue weighted by Crippen LogP contribution is -2.36. The van der Waals surface area contributed by atoms with Gasteiger partial charge in [-0.05, 0) is 33.0 Å². The maximum absolute atomic E-state index is 9.93. The number of rotatable bonds is 5. The van der Waals surface area contributed by atoms with Gasteiger partial charge in [0.2, 0.25) is 0 Å². The molecule has 106 valence electrons. The number of para-hydroxylation sites is 1. The van der Waals surface area contributed by atoms with Crippen molar-refractivity contribution in [3.63, 3.8) is 0 Å². The molecule has 2 N–H and O–H groups in total. The number of hydrogen-bond acceptors (Lipinski definition) is 4. The van der Waals surface area contributed by atoms with Gasteiger partial charge in [-0.15, -0.1) is 0 Å². The zero-order chi connectivity index (χ0) is 13.7. The Morgan fingerprint density at radius 3 is 3.00 bits per heavy atom. The lowest BCUT2D eigenvalue weighted by Gasteiger charge is -2.22. The maximum Gasteiger partial charge on any atom is 0.124 e. The molecule has 0 radical (unpaired) electrons. The molecule has 19 heavy (non-hydrogen) atoms. The standard InChI is InChI=1S/C15H24N2O2/c1-17(2)11-12(18)10-16-14-7-5-9-19-15-8-4-3-6-13(14)15/h3-4,6,8,12,14,16,18H,5,7,9-11H2,1-2H3. The van der Waals surface area contributed by atoms with Crippen LogP contribution in [0.25, 0.3) is 0 Å². The number of nitrogens with one attached hydrogen (secondary N) is 1. The van der Waals surface area contributed by atoms with Crippen molar-refractivity contribution in [1.82, 2.24) is 10.2 Å². The van der Waals surface area contributed by atoms with Gasteiger partial charge in [0.15, 0.2) is 0 Å². The Hall–Kier alpha value is -1.10. The van der Waals surface area contributed by atoms with Crippen LogP contribution in [0.5, 0.6) is 5.75 Å². The van der Waals surface area contributed by atoms with Gasteiger partial charge in [0.05, 0.1) is 12.7 Å². The van der Waals surface area contributed by atoms with Crippen molar-refractivity contribution in [2.45, 2.75) is 25.0 Å². The topological polar surface area (TPSA) is 44.7 Å². The van der Waals surface area contributed by atoms with E-state index in [1.807, 2.05) is 37.2 Å². The summed E-state index contributed by atoms with van der Waals surface area (Å²) in [4.78, 5) is 2.00. The van der Waals surface area contributed by atoms with E-state index < -0.39 is 0 Å². The molecular formula is C15H24N2O2. The monoisotopic (exact) mass is 264 g/mol. The third-order valence-electron chi connectivity index (χ3n) is 3.36. The lowest BCUT2D eigenvalue weighted by atomic mass is 10.0. The van der Waals surface area contributed by atoms with Gasteiger partial charge in [0.1, 0.15) is 5.75 Å². The van der Waals surface area contributed by atoms with Crippen molar-refractivity contribution >= 4 is 0 Å². The van der Waals surface area contributed by atoms with E-state index in [0.717, 1.165) is 25.2 Å². The minimum absolute atomic E-state index is 0.274. The van der Waals surface area contributed by atoms with Crippen LogP contribution in [0, 0.1) is 0 Å². The van der Waals surface area contributed by atoms with Crippen molar-refractivity contribution in [3.8, 4) is 5.75 Å². The number of fused-ring (bicyclic) bond motifs is 1. The maximum atomic E-state index is 9.93. The van der Waals surface area contributed by atoms with E-state index in [2.05, 4.69) is 11.4 Å². The highest BCUT2D eigenvalue weighted by molar-refractivity contribution is 5.36. The van der Waals surface area contributed by atoms with Gasteiger partial charge in [-0.1, -0.05) is 18.2 Å². The van der Waals surface area contributed by atoms with E-state index in [-0.39, 0.29) is 12.1 Å². The second kappa shape index (κ2) is 6.89. The molecule has 0 fully saturated rings. The zero-order valence-electron chi connectivity index (χ0n) is 11.8. The van der Waals surface area contributed by atoms with E-state index >= 15 is 0 Å². The molecule has 0 saturated heterocycles. The Morgan fingerprint density at radius 1 is 1.42 bits per heavy atom. The first kappa shape index (κ1) is 14.3. The first-order valence-corrected chi connectivity index (χ1v) is 6.94. The van der Waals surface area contributed by atoms with Gasteiger partial charge in [-0.3, -0.25) is 0 Å². The fraction of sp³-hybridized carbons (Fsp3) is 0.600. The molecule has 1 aromatic carbocycles. The van der Waals surface area contributed by atoms with Crippen LogP contribution in [0.2, 0.25) is 0 Å². The SMILES string of the molecule is CN(C)CC(O)CNC1CCCOc2ccccc21.